The molecule has 0 saturated carbocycles. The molecule has 1 atom stereocenters. The second-order valence-corrected chi connectivity index (χ2v) is 10.8. The zero-order chi connectivity index (χ0) is 21.4. The molecule has 1 unspecified atom stereocenters. The number of piperidine rings is 1. The standard InChI is InChI=1S/C26H35N3OS/c1-19-17-24(31-25(19)26(30)29-12-3-4-13-29)22-7-5-20(6-8-22)21-9-15-28(16-10-21)23-11-14-27(2)18-23/h5-8,17,21,23H,3-4,9-16,18H2,1-2H3. The predicted molar refractivity (Wildman–Crippen MR) is 129 cm³/mol. The number of benzene rings is 1. The van der Waals surface area contributed by atoms with Crippen LogP contribution in [0.3, 0.4) is 0 Å². The normalized spacial score (nSPS) is 23.7. The summed E-state index contributed by atoms with van der Waals surface area (Å²) >= 11 is 1.66. The van der Waals surface area contributed by atoms with E-state index in [0.29, 0.717) is 5.92 Å². The average Bonchev–Trinajstić information content (AvgIpc) is 3.55. The van der Waals surface area contributed by atoms with E-state index in [-0.39, 0.29) is 5.91 Å². The Morgan fingerprint density at radius 1 is 0.968 bits per heavy atom. The maximum absolute atomic E-state index is 12.8. The third kappa shape index (κ3) is 4.46. The van der Waals surface area contributed by atoms with Gasteiger partial charge >= 0.3 is 0 Å². The van der Waals surface area contributed by atoms with Crippen molar-refractivity contribution in [1.82, 2.24) is 14.7 Å². The minimum Gasteiger partial charge on any atom is -0.338 e. The molecule has 2 aromatic rings. The number of likely N-dealkylation sites (tertiary alicyclic amines) is 3. The van der Waals surface area contributed by atoms with E-state index in [1.54, 1.807) is 11.3 Å². The molecule has 3 saturated heterocycles. The van der Waals surface area contributed by atoms with E-state index in [9.17, 15) is 4.79 Å². The Morgan fingerprint density at radius 2 is 1.68 bits per heavy atom. The highest BCUT2D eigenvalue weighted by Gasteiger charge is 2.29. The largest absolute Gasteiger partial charge is 0.338 e. The van der Waals surface area contributed by atoms with Crippen molar-refractivity contribution < 1.29 is 4.79 Å². The van der Waals surface area contributed by atoms with Gasteiger partial charge in [-0.2, -0.15) is 0 Å². The van der Waals surface area contributed by atoms with Crippen molar-refractivity contribution in [3.63, 3.8) is 0 Å². The minimum atomic E-state index is 0.225. The van der Waals surface area contributed by atoms with Gasteiger partial charge in [-0.3, -0.25) is 9.69 Å². The van der Waals surface area contributed by atoms with Gasteiger partial charge in [0, 0.05) is 30.6 Å². The van der Waals surface area contributed by atoms with Crippen LogP contribution in [0, 0.1) is 6.92 Å². The number of rotatable bonds is 4. The number of hydrogen-bond acceptors (Lipinski definition) is 4. The topological polar surface area (TPSA) is 26.8 Å². The van der Waals surface area contributed by atoms with Crippen LogP contribution < -0.4 is 0 Å². The monoisotopic (exact) mass is 437 g/mol. The van der Waals surface area contributed by atoms with Crippen LogP contribution >= 0.6 is 11.3 Å². The number of nitrogens with zero attached hydrogens (tertiary/aromatic N) is 3. The fourth-order valence-corrected chi connectivity index (χ4v) is 6.77. The Balaban J connectivity index is 1.23. The number of likely N-dealkylation sites (N-methyl/N-ethyl adjacent to an activating group) is 1. The molecule has 0 radical (unpaired) electrons. The Hall–Kier alpha value is -1.69. The molecule has 0 aliphatic carbocycles. The molecule has 4 nitrogen and oxygen atoms in total. The van der Waals surface area contributed by atoms with Gasteiger partial charge in [-0.05, 0) is 94.4 Å². The van der Waals surface area contributed by atoms with E-state index < -0.39 is 0 Å². The molecular formula is C26H35N3OS. The van der Waals surface area contributed by atoms with Gasteiger partial charge in [-0.1, -0.05) is 24.3 Å². The van der Waals surface area contributed by atoms with Crippen molar-refractivity contribution in [2.24, 2.45) is 0 Å². The van der Waals surface area contributed by atoms with Gasteiger partial charge in [0.2, 0.25) is 0 Å². The summed E-state index contributed by atoms with van der Waals surface area (Å²) in [6.07, 6.45) is 6.15. The number of amides is 1. The highest BCUT2D eigenvalue weighted by molar-refractivity contribution is 7.17. The van der Waals surface area contributed by atoms with E-state index in [1.165, 1.54) is 61.4 Å². The second-order valence-electron chi connectivity index (χ2n) is 9.76. The first-order valence-electron chi connectivity index (χ1n) is 12.0. The molecule has 1 amide bonds. The van der Waals surface area contributed by atoms with Crippen molar-refractivity contribution in [1.29, 1.82) is 0 Å². The second kappa shape index (κ2) is 9.05. The Morgan fingerprint density at radius 3 is 2.32 bits per heavy atom. The first-order chi connectivity index (χ1) is 15.1. The summed E-state index contributed by atoms with van der Waals surface area (Å²) in [4.78, 5) is 22.2. The van der Waals surface area contributed by atoms with E-state index in [0.717, 1.165) is 42.4 Å². The molecule has 1 aromatic heterocycles. The van der Waals surface area contributed by atoms with E-state index in [4.69, 9.17) is 0 Å². The summed E-state index contributed by atoms with van der Waals surface area (Å²) in [6, 6.07) is 12.2. The van der Waals surface area contributed by atoms with Gasteiger partial charge in [-0.25, -0.2) is 0 Å². The number of hydrogen-bond donors (Lipinski definition) is 0. The Bertz CT molecular complexity index is 907. The van der Waals surface area contributed by atoms with E-state index in [2.05, 4.69) is 54.1 Å². The van der Waals surface area contributed by atoms with Crippen molar-refractivity contribution in [3.05, 3.63) is 46.3 Å². The van der Waals surface area contributed by atoms with Gasteiger partial charge in [0.15, 0.2) is 0 Å². The zero-order valence-electron chi connectivity index (χ0n) is 19.0. The van der Waals surface area contributed by atoms with Crippen LogP contribution in [0.2, 0.25) is 0 Å². The van der Waals surface area contributed by atoms with Gasteiger partial charge in [0.1, 0.15) is 0 Å². The van der Waals surface area contributed by atoms with Crippen LogP contribution in [0.5, 0.6) is 0 Å². The summed E-state index contributed by atoms with van der Waals surface area (Å²) in [6.45, 7) is 8.86. The van der Waals surface area contributed by atoms with E-state index in [1.807, 2.05) is 4.90 Å². The lowest BCUT2D eigenvalue weighted by atomic mass is 9.88. The third-order valence-electron chi connectivity index (χ3n) is 7.58. The highest BCUT2D eigenvalue weighted by atomic mass is 32.1. The minimum absolute atomic E-state index is 0.225. The lowest BCUT2D eigenvalue weighted by Gasteiger charge is -2.36. The zero-order valence-corrected chi connectivity index (χ0v) is 19.8. The summed E-state index contributed by atoms with van der Waals surface area (Å²) in [5.74, 6) is 0.907. The Kier molecular flexibility index (Phi) is 6.18. The predicted octanol–water partition coefficient (Wildman–Crippen LogP) is 4.84. The average molecular weight is 438 g/mol. The SMILES string of the molecule is Cc1cc(-c2ccc(C3CCN(C4CCN(C)C4)CC3)cc2)sc1C(=O)N1CCCC1. The molecule has 3 fully saturated rings. The molecule has 166 valence electrons. The summed E-state index contributed by atoms with van der Waals surface area (Å²) < 4.78 is 0. The lowest BCUT2D eigenvalue weighted by molar-refractivity contribution is 0.0797. The van der Waals surface area contributed by atoms with Crippen LogP contribution in [0.1, 0.15) is 58.8 Å². The molecule has 5 heteroatoms. The highest BCUT2D eigenvalue weighted by Crippen LogP contribution is 2.35. The van der Waals surface area contributed by atoms with Crippen molar-refractivity contribution in [2.45, 2.75) is 51.0 Å². The fraction of sp³-hybridized carbons (Fsp3) is 0.577. The van der Waals surface area contributed by atoms with E-state index >= 15 is 0 Å². The molecule has 4 heterocycles. The lowest BCUT2D eigenvalue weighted by Crippen LogP contribution is -2.42. The van der Waals surface area contributed by atoms with Crippen molar-refractivity contribution >= 4 is 17.2 Å². The maximum Gasteiger partial charge on any atom is 0.264 e. The van der Waals surface area contributed by atoms with Crippen molar-refractivity contribution in [2.75, 3.05) is 46.3 Å². The molecule has 31 heavy (non-hydrogen) atoms. The molecule has 0 bridgehead atoms. The molecular weight excluding hydrogens is 402 g/mol. The third-order valence-corrected chi connectivity index (χ3v) is 8.86. The number of carbonyl (C=O) groups is 1. The van der Waals surface area contributed by atoms with Gasteiger partial charge in [0.25, 0.3) is 5.91 Å². The molecule has 3 aliphatic heterocycles. The number of thiophene rings is 1. The number of aryl methyl sites for hydroxylation is 1. The van der Waals surface area contributed by atoms with Crippen molar-refractivity contribution in [3.8, 4) is 10.4 Å². The molecule has 0 spiro atoms. The van der Waals surface area contributed by atoms with Gasteiger partial charge in [-0.15, -0.1) is 11.3 Å². The quantitative estimate of drug-likeness (QED) is 0.685. The van der Waals surface area contributed by atoms with Crippen LogP contribution in [-0.4, -0.2) is 73.0 Å². The Labute approximate surface area is 190 Å². The first kappa shape index (κ1) is 21.2. The van der Waals surface area contributed by atoms with Crippen LogP contribution in [0.4, 0.5) is 0 Å². The summed E-state index contributed by atoms with van der Waals surface area (Å²) in [5.41, 5.74) is 3.84. The summed E-state index contributed by atoms with van der Waals surface area (Å²) in [5, 5.41) is 0. The fourth-order valence-electron chi connectivity index (χ4n) is 5.63. The maximum atomic E-state index is 12.8. The molecule has 0 N–H and O–H groups in total. The van der Waals surface area contributed by atoms with Crippen LogP contribution in [-0.2, 0) is 0 Å². The first-order valence-corrected chi connectivity index (χ1v) is 12.8. The smallest absolute Gasteiger partial charge is 0.264 e. The molecule has 5 rings (SSSR count). The van der Waals surface area contributed by atoms with Crippen LogP contribution in [0.15, 0.2) is 30.3 Å². The molecule has 1 aromatic carbocycles. The van der Waals surface area contributed by atoms with Crippen LogP contribution in [0.25, 0.3) is 10.4 Å². The number of carbonyl (C=O) groups excluding carboxylic acids is 1. The molecule has 3 aliphatic rings. The summed E-state index contributed by atoms with van der Waals surface area (Å²) in [7, 11) is 2.24. The van der Waals surface area contributed by atoms with Gasteiger partial charge in [0.05, 0.1) is 4.88 Å². The van der Waals surface area contributed by atoms with Gasteiger partial charge < -0.3 is 9.80 Å².